The summed E-state index contributed by atoms with van der Waals surface area (Å²) in [5.74, 6) is 0.608. The summed E-state index contributed by atoms with van der Waals surface area (Å²) in [4.78, 5) is 78.3. The minimum absolute atomic E-state index is 0. The number of hydrogen-bond donors (Lipinski definition) is 6. The number of aliphatic hydroxyl groups excluding tert-OH is 2. The summed E-state index contributed by atoms with van der Waals surface area (Å²) in [6, 6.07) is 0. The summed E-state index contributed by atoms with van der Waals surface area (Å²) in [5.41, 5.74) is 10.5. The molecule has 0 spiro atoms. The maximum absolute atomic E-state index is 12.0. The molecule has 3 aliphatic rings. The first-order chi connectivity index (χ1) is 24.6. The van der Waals surface area contributed by atoms with E-state index in [2.05, 4.69) is 51.4 Å². The van der Waals surface area contributed by atoms with Gasteiger partial charge in [0, 0.05) is 60.1 Å². The molecule has 0 aromatic carbocycles. The number of nitrogens with one attached hydrogen (secondary N) is 2. The zero-order valence-electron chi connectivity index (χ0n) is 28.7. The molecule has 54 heavy (non-hydrogen) atoms. The molecule has 0 saturated carbocycles. The summed E-state index contributed by atoms with van der Waals surface area (Å²) in [6.45, 7) is 2.44. The van der Waals surface area contributed by atoms with E-state index < -0.39 is 59.9 Å². The average Bonchev–Trinajstić information content (AvgIpc) is 3.75. The van der Waals surface area contributed by atoms with Crippen molar-refractivity contribution in [1.29, 1.82) is 0 Å². The molecule has 2 saturated heterocycles. The Balaban J connectivity index is 0.000000256. The number of methoxy groups -OCH3 is 1. The third-order valence-corrected chi connectivity index (χ3v) is 11.8. The van der Waals surface area contributed by atoms with Gasteiger partial charge < -0.3 is 69.5 Å². The van der Waals surface area contributed by atoms with Crippen molar-refractivity contribution >= 4 is 57.8 Å². The summed E-state index contributed by atoms with van der Waals surface area (Å²) in [6.07, 6.45) is -3.50. The topological polar surface area (TPSA) is 384 Å². The predicted molar refractivity (Wildman–Crippen MR) is 174 cm³/mol. The number of nitrogens with zero attached hydrogens (tertiary/aromatic N) is 6. The van der Waals surface area contributed by atoms with Crippen LogP contribution in [0.3, 0.4) is 0 Å². The molecule has 0 amide bonds. The van der Waals surface area contributed by atoms with Crippen LogP contribution < -0.4 is 47.1 Å². The average molecular weight is 901 g/mol. The Hall–Kier alpha value is -2.22. The molecular formula is C24H35N10O16P3Y-4. The van der Waals surface area contributed by atoms with E-state index in [9.17, 15) is 48.2 Å². The van der Waals surface area contributed by atoms with Crippen molar-refractivity contribution in [3.8, 4) is 0 Å². The summed E-state index contributed by atoms with van der Waals surface area (Å²) in [7, 11) is -13.0. The van der Waals surface area contributed by atoms with Crippen molar-refractivity contribution in [2.45, 2.75) is 43.8 Å². The molecule has 8 N–H and O–H groups in total. The van der Waals surface area contributed by atoms with Crippen molar-refractivity contribution in [3.63, 3.8) is 0 Å². The fraction of sp³-hybridized carbons (Fsp3) is 0.583. The van der Waals surface area contributed by atoms with Crippen LogP contribution in [0.2, 0.25) is 0 Å². The number of hydrogen-bond acceptors (Lipinski definition) is 23. The molecule has 10 atom stereocenters. The van der Waals surface area contributed by atoms with Gasteiger partial charge in [-0.2, -0.15) is 9.97 Å². The number of aliphatic hydroxyl groups is 2. The van der Waals surface area contributed by atoms with Gasteiger partial charge >= 0.3 is 0 Å². The van der Waals surface area contributed by atoms with Gasteiger partial charge in [0.2, 0.25) is 11.9 Å². The number of aromatic nitrogens is 6. The van der Waals surface area contributed by atoms with Crippen molar-refractivity contribution in [2.75, 3.05) is 62.0 Å². The standard InChI is InChI=1S/C13H20N5O3.C11H18N5O13P3.Y/c1-7-4-8(5-20-3)21-12(7)18-6-17(2)9-10(18)15-13(14)16-11(9)19;1-30(20,21)28-32(24,25)29-31(22,23)26-2-4-6(17)7(18)10(27-4)16-3-13-5-8(16)14-11(12)15-9(5)19;/h4,7-8,12H,5-6H2,1-3H3,(H3,14,15,16,19);3-4,6-7,10,17-18H,2H2,1H3,(H,20,21)(H,22,23)(H,24,25)(H3,12,14,15,19);/q-1;;/p-3/t7?,8-,12+;4-,6?,7?,10-;/m01./s1. The summed E-state index contributed by atoms with van der Waals surface area (Å²) < 4.78 is 62.9. The number of imidazole rings is 1. The molecule has 3 aromatic heterocycles. The molecule has 26 nitrogen and oxygen atoms in total. The van der Waals surface area contributed by atoms with Gasteiger partial charge in [0.15, 0.2) is 23.2 Å². The SMILES string of the molecule is COC[C@@H]1[CH-]C(C)[C@H](N2CN(C)c3c2nc(N)[nH]c3=O)O1.CP(=O)([O-])OP(=O)([O-])OP(=O)([O-])OC[C@H]1O[C@@H](n2cnc3c(=O)[nH]c(N)nc32)C(O)C1O.[Y]. The minimum atomic E-state index is -5.86. The van der Waals surface area contributed by atoms with E-state index in [1.165, 1.54) is 0 Å². The van der Waals surface area contributed by atoms with Crippen LogP contribution in [0.4, 0.5) is 23.4 Å². The molecule has 6 rings (SSSR count). The Kier molecular flexibility index (Phi) is 14.1. The van der Waals surface area contributed by atoms with Crippen molar-refractivity contribution < 1.29 is 98.7 Å². The van der Waals surface area contributed by atoms with Gasteiger partial charge in [-0.1, -0.05) is 6.92 Å². The van der Waals surface area contributed by atoms with Gasteiger partial charge in [-0.3, -0.25) is 44.0 Å². The van der Waals surface area contributed by atoms with Crippen LogP contribution in [0, 0.1) is 12.3 Å². The molecule has 3 aliphatic heterocycles. The first-order valence-electron chi connectivity index (χ1n) is 15.2. The fourth-order valence-corrected chi connectivity index (χ4v) is 9.05. The second kappa shape index (κ2) is 17.1. The smallest absolute Gasteiger partial charge is 0.280 e. The van der Waals surface area contributed by atoms with Gasteiger partial charge in [0.05, 0.1) is 19.6 Å². The number of rotatable bonds is 11. The van der Waals surface area contributed by atoms with E-state index in [1.807, 2.05) is 16.8 Å². The Morgan fingerprint density at radius 2 is 1.65 bits per heavy atom. The second-order valence-corrected chi connectivity index (χ2v) is 16.8. The monoisotopic (exact) mass is 901 g/mol. The number of nitrogens with two attached hydrogens (primary N) is 2. The quantitative estimate of drug-likeness (QED) is 0.0795. The molecule has 30 heteroatoms. The number of fused-ring (bicyclic) bond motifs is 2. The maximum Gasteiger partial charge on any atom is 0.280 e. The summed E-state index contributed by atoms with van der Waals surface area (Å²) >= 11 is 0. The van der Waals surface area contributed by atoms with E-state index in [-0.39, 0.29) is 79.6 Å². The first-order valence-corrected chi connectivity index (χ1v) is 20.1. The van der Waals surface area contributed by atoms with Crippen LogP contribution in [0.1, 0.15) is 13.2 Å². The number of H-pyrrole nitrogens is 2. The van der Waals surface area contributed by atoms with Crippen molar-refractivity contribution in [1.82, 2.24) is 29.5 Å². The molecule has 6 heterocycles. The molecule has 6 unspecified atom stereocenters. The van der Waals surface area contributed by atoms with Crippen LogP contribution >= 0.6 is 23.2 Å². The van der Waals surface area contributed by atoms with E-state index >= 15 is 0 Å². The van der Waals surface area contributed by atoms with Crippen LogP contribution in [0.15, 0.2) is 15.9 Å². The number of phosphoric ester groups is 1. The maximum atomic E-state index is 12.0. The molecule has 0 bridgehead atoms. The fourth-order valence-electron chi connectivity index (χ4n) is 5.72. The van der Waals surface area contributed by atoms with Gasteiger partial charge in [-0.25, -0.2) is 9.29 Å². The third kappa shape index (κ3) is 10.2. The second-order valence-electron chi connectivity index (χ2n) is 12.0. The molecule has 0 aliphatic carbocycles. The van der Waals surface area contributed by atoms with Crippen molar-refractivity contribution in [3.05, 3.63) is 33.5 Å². The van der Waals surface area contributed by atoms with E-state index in [0.717, 1.165) is 10.9 Å². The Labute approximate surface area is 329 Å². The molecule has 1 radical (unpaired) electrons. The largest absolute Gasteiger partial charge is 0.778 e. The molecule has 299 valence electrons. The molecule has 2 fully saturated rings. The van der Waals surface area contributed by atoms with Crippen LogP contribution in [-0.4, -0.2) is 111 Å². The molecule has 3 aromatic rings. The minimum Gasteiger partial charge on any atom is -0.778 e. The van der Waals surface area contributed by atoms with Crippen LogP contribution in [0.5, 0.6) is 0 Å². The van der Waals surface area contributed by atoms with E-state index in [1.54, 1.807) is 7.11 Å². The zero-order valence-corrected chi connectivity index (χ0v) is 34.2. The first kappa shape index (κ1) is 44.5. The molecular weight excluding hydrogens is 866 g/mol. The van der Waals surface area contributed by atoms with Crippen LogP contribution in [0.25, 0.3) is 11.2 Å². The Bertz CT molecular complexity index is 2080. The van der Waals surface area contributed by atoms with E-state index in [4.69, 9.17) is 25.7 Å². The van der Waals surface area contributed by atoms with Gasteiger partial charge in [-0.05, 0) is 6.10 Å². The number of anilines is 4. The van der Waals surface area contributed by atoms with Gasteiger partial charge in [0.1, 0.15) is 37.8 Å². The Morgan fingerprint density at radius 3 is 2.30 bits per heavy atom. The van der Waals surface area contributed by atoms with Gasteiger partial charge in [-0.15, -0.1) is 5.92 Å². The summed E-state index contributed by atoms with van der Waals surface area (Å²) in [5, 5.41) is 20.4. The number of aromatic amines is 2. The zero-order chi connectivity index (χ0) is 39.2. The third-order valence-electron chi connectivity index (χ3n) is 7.74. The normalized spacial score (nSPS) is 28.4. The predicted octanol–water partition coefficient (Wildman–Crippen LogP) is -3.73. The van der Waals surface area contributed by atoms with Gasteiger partial charge in [0.25, 0.3) is 26.8 Å². The number of ether oxygens (including phenoxy) is 3. The Morgan fingerprint density at radius 1 is 1.00 bits per heavy atom. The van der Waals surface area contributed by atoms with E-state index in [0.29, 0.717) is 31.4 Å². The van der Waals surface area contributed by atoms with Crippen LogP contribution in [-0.2, 0) is 73.8 Å². The number of phosphoric acid groups is 2. The van der Waals surface area contributed by atoms with Crippen molar-refractivity contribution in [2.24, 2.45) is 5.92 Å². The number of nitrogen functional groups attached to an aromatic ring is 2.